The quantitative estimate of drug-likeness (QED) is 0.423. The van der Waals surface area contributed by atoms with Crippen LogP contribution in [-0.2, 0) is 9.59 Å². The average molecular weight is 512 g/mol. The van der Waals surface area contributed by atoms with Gasteiger partial charge in [0.2, 0.25) is 11.8 Å². The van der Waals surface area contributed by atoms with Crippen LogP contribution in [0.2, 0.25) is 0 Å². The molecular formula is C26H33N5O4S. The Hall–Kier alpha value is -3.08. The molecule has 0 radical (unpaired) electrons. The Labute approximate surface area is 214 Å². The molecular weight excluding hydrogens is 478 g/mol. The number of carbonyl (C=O) groups is 2. The fraction of sp³-hybridized carbons (Fsp3) is 0.462. The minimum atomic E-state index is -0.800. The molecule has 2 aromatic heterocycles. The predicted octanol–water partition coefficient (Wildman–Crippen LogP) is 2.93. The maximum absolute atomic E-state index is 13.6. The molecule has 4 N–H and O–H groups in total. The summed E-state index contributed by atoms with van der Waals surface area (Å²) < 4.78 is 5.39. The van der Waals surface area contributed by atoms with Crippen LogP contribution in [0.25, 0.3) is 10.4 Å². The van der Waals surface area contributed by atoms with Crippen LogP contribution in [0, 0.1) is 19.8 Å². The fourth-order valence-corrected chi connectivity index (χ4v) is 5.55. The van der Waals surface area contributed by atoms with Crippen LogP contribution in [-0.4, -0.2) is 57.2 Å². The van der Waals surface area contributed by atoms with Gasteiger partial charge in [0, 0.05) is 25.6 Å². The van der Waals surface area contributed by atoms with E-state index in [9.17, 15) is 14.7 Å². The van der Waals surface area contributed by atoms with Gasteiger partial charge >= 0.3 is 0 Å². The molecule has 3 heterocycles. The van der Waals surface area contributed by atoms with E-state index in [-0.39, 0.29) is 37.2 Å². The van der Waals surface area contributed by atoms with Crippen molar-refractivity contribution in [2.24, 2.45) is 11.7 Å². The van der Waals surface area contributed by atoms with Gasteiger partial charge in [0.15, 0.2) is 0 Å². The molecule has 4 rings (SSSR count). The zero-order chi connectivity index (χ0) is 26.0. The number of nitrogens with zero attached hydrogens (tertiary/aromatic N) is 3. The Morgan fingerprint density at radius 2 is 2.00 bits per heavy atom. The summed E-state index contributed by atoms with van der Waals surface area (Å²) in [5.41, 5.74) is 11.4. The second kappa shape index (κ2) is 10.9. The lowest BCUT2D eigenvalue weighted by atomic mass is 9.91. The van der Waals surface area contributed by atoms with Gasteiger partial charge in [-0.05, 0) is 30.9 Å². The van der Waals surface area contributed by atoms with Crippen molar-refractivity contribution in [3.8, 4) is 10.4 Å². The highest BCUT2D eigenvalue weighted by atomic mass is 32.1. The second-order valence-electron chi connectivity index (χ2n) is 9.67. The first-order chi connectivity index (χ1) is 17.2. The molecule has 3 aromatic rings. The number of thiazole rings is 1. The molecule has 1 aliphatic heterocycles. The van der Waals surface area contributed by atoms with Gasteiger partial charge in [-0.3, -0.25) is 9.59 Å². The first-order valence-electron chi connectivity index (χ1n) is 12.1. The number of carbonyl (C=O) groups excluding carboxylic acids is 2. The molecule has 0 aliphatic carbocycles. The van der Waals surface area contributed by atoms with Gasteiger partial charge in [0.05, 0.1) is 33.9 Å². The topological polar surface area (TPSA) is 135 Å². The number of likely N-dealkylation sites (tertiary alicyclic amines) is 1. The molecule has 0 spiro atoms. The number of nitrogens with one attached hydrogen (secondary N) is 1. The van der Waals surface area contributed by atoms with E-state index in [1.54, 1.807) is 24.3 Å². The van der Waals surface area contributed by atoms with Crippen LogP contribution in [0.15, 0.2) is 40.4 Å². The molecule has 1 fully saturated rings. The predicted molar refractivity (Wildman–Crippen MR) is 137 cm³/mol. The normalized spacial score (nSPS) is 19.5. The minimum absolute atomic E-state index is 0.0798. The third kappa shape index (κ3) is 5.35. The first kappa shape index (κ1) is 26.0. The van der Waals surface area contributed by atoms with Gasteiger partial charge in [0.25, 0.3) is 0 Å². The van der Waals surface area contributed by atoms with E-state index in [1.807, 2.05) is 50.5 Å². The van der Waals surface area contributed by atoms with E-state index in [0.717, 1.165) is 21.7 Å². The summed E-state index contributed by atoms with van der Waals surface area (Å²) in [5.74, 6) is -0.812. The molecule has 36 heavy (non-hydrogen) atoms. The average Bonchev–Trinajstić information content (AvgIpc) is 3.57. The van der Waals surface area contributed by atoms with E-state index in [2.05, 4.69) is 15.5 Å². The monoisotopic (exact) mass is 511 g/mol. The van der Waals surface area contributed by atoms with Crippen molar-refractivity contribution in [1.29, 1.82) is 0 Å². The standard InChI is InChI=1S/C26H33N5O4S/c1-14(2)23(22-9-15(3)30-35-22)26(34)31-12-19(32)10-21(31)25(33)29-20(11-27)17-5-7-18(8-6-17)24-16(4)28-13-36-24/h5-9,13-14,19-21,23,32H,10-12,27H2,1-4H3,(H,29,33)/t19-,20+,21+,23-/m1/s1. The number of aromatic nitrogens is 2. The first-order valence-corrected chi connectivity index (χ1v) is 13.0. The van der Waals surface area contributed by atoms with E-state index in [1.165, 1.54) is 4.90 Å². The summed E-state index contributed by atoms with van der Waals surface area (Å²) in [5, 5.41) is 17.3. The smallest absolute Gasteiger partial charge is 0.243 e. The fourth-order valence-electron chi connectivity index (χ4n) is 4.74. The maximum Gasteiger partial charge on any atom is 0.243 e. The zero-order valence-electron chi connectivity index (χ0n) is 21.0. The van der Waals surface area contributed by atoms with Crippen molar-refractivity contribution >= 4 is 23.2 Å². The van der Waals surface area contributed by atoms with E-state index < -0.39 is 24.1 Å². The summed E-state index contributed by atoms with van der Waals surface area (Å²) in [6.45, 7) is 7.89. The van der Waals surface area contributed by atoms with Gasteiger partial charge in [-0.1, -0.05) is 43.3 Å². The Morgan fingerprint density at radius 3 is 2.56 bits per heavy atom. The van der Waals surface area contributed by atoms with Crippen LogP contribution in [0.1, 0.15) is 54.9 Å². The van der Waals surface area contributed by atoms with Crippen LogP contribution in [0.4, 0.5) is 0 Å². The Balaban J connectivity index is 1.50. The van der Waals surface area contributed by atoms with Crippen molar-refractivity contribution in [2.45, 2.75) is 58.2 Å². The molecule has 1 saturated heterocycles. The van der Waals surface area contributed by atoms with Crippen molar-refractivity contribution < 1.29 is 19.2 Å². The highest BCUT2D eigenvalue weighted by Gasteiger charge is 2.43. The van der Waals surface area contributed by atoms with Gasteiger partial charge < -0.3 is 25.6 Å². The number of β-amino-alcohol motifs (C(OH)–C–C–N with tert-alkyl or cyclic N) is 1. The van der Waals surface area contributed by atoms with Crippen LogP contribution < -0.4 is 11.1 Å². The lowest BCUT2D eigenvalue weighted by molar-refractivity contribution is -0.141. The number of aliphatic hydroxyl groups excluding tert-OH is 1. The summed E-state index contributed by atoms with van der Waals surface area (Å²) in [6.07, 6.45) is -0.620. The molecule has 0 saturated carbocycles. The summed E-state index contributed by atoms with van der Waals surface area (Å²) in [6, 6.07) is 8.39. The largest absolute Gasteiger partial charge is 0.391 e. The highest BCUT2D eigenvalue weighted by molar-refractivity contribution is 7.13. The van der Waals surface area contributed by atoms with Crippen molar-refractivity contribution in [3.05, 3.63) is 58.6 Å². The molecule has 10 heteroatoms. The van der Waals surface area contributed by atoms with Crippen LogP contribution >= 0.6 is 11.3 Å². The lowest BCUT2D eigenvalue weighted by Crippen LogP contribution is -2.49. The number of amides is 2. The van der Waals surface area contributed by atoms with Crippen molar-refractivity contribution in [2.75, 3.05) is 13.1 Å². The summed E-state index contributed by atoms with van der Waals surface area (Å²) in [4.78, 5) is 33.8. The van der Waals surface area contributed by atoms with Gasteiger partial charge in [-0.25, -0.2) is 4.98 Å². The van der Waals surface area contributed by atoms with Crippen LogP contribution in [0.3, 0.4) is 0 Å². The number of hydrogen-bond donors (Lipinski definition) is 3. The molecule has 0 bridgehead atoms. The highest BCUT2D eigenvalue weighted by Crippen LogP contribution is 2.32. The van der Waals surface area contributed by atoms with Gasteiger partial charge in [-0.2, -0.15) is 0 Å². The van der Waals surface area contributed by atoms with Crippen molar-refractivity contribution in [3.63, 3.8) is 0 Å². The number of nitrogens with two attached hydrogens (primary N) is 1. The van der Waals surface area contributed by atoms with Crippen LogP contribution in [0.5, 0.6) is 0 Å². The van der Waals surface area contributed by atoms with Gasteiger partial charge in [0.1, 0.15) is 17.7 Å². The molecule has 1 aromatic carbocycles. The zero-order valence-corrected chi connectivity index (χ0v) is 21.8. The third-order valence-corrected chi connectivity index (χ3v) is 7.60. The van der Waals surface area contributed by atoms with E-state index >= 15 is 0 Å². The summed E-state index contributed by atoms with van der Waals surface area (Å²) >= 11 is 1.58. The molecule has 1 aliphatic rings. The number of aryl methyl sites for hydroxylation is 2. The van der Waals surface area contributed by atoms with E-state index in [0.29, 0.717) is 11.5 Å². The summed E-state index contributed by atoms with van der Waals surface area (Å²) in [7, 11) is 0. The molecule has 2 amide bonds. The number of hydrogen-bond acceptors (Lipinski definition) is 8. The Kier molecular flexibility index (Phi) is 7.87. The molecule has 9 nitrogen and oxygen atoms in total. The maximum atomic E-state index is 13.6. The lowest BCUT2D eigenvalue weighted by Gasteiger charge is -2.29. The number of aliphatic hydroxyl groups is 1. The van der Waals surface area contributed by atoms with Gasteiger partial charge in [-0.15, -0.1) is 11.3 Å². The Morgan fingerprint density at radius 1 is 1.28 bits per heavy atom. The second-order valence-corrected chi connectivity index (χ2v) is 10.5. The van der Waals surface area contributed by atoms with E-state index in [4.69, 9.17) is 10.3 Å². The minimum Gasteiger partial charge on any atom is -0.391 e. The SMILES string of the molecule is Cc1cc([C@H](C(=O)N2C[C@H](O)C[C@H]2C(=O)N[C@@H](CN)c2ccc(-c3scnc3C)cc2)C(C)C)on1. The number of rotatable bonds is 8. The Bertz CT molecular complexity index is 1210. The number of benzene rings is 1. The third-order valence-electron chi connectivity index (χ3n) is 6.62. The molecule has 192 valence electrons. The molecule has 4 atom stereocenters. The molecule has 0 unspecified atom stereocenters. The van der Waals surface area contributed by atoms with Crippen molar-refractivity contribution in [1.82, 2.24) is 20.4 Å².